The summed E-state index contributed by atoms with van der Waals surface area (Å²) in [5.41, 5.74) is 0.341. The lowest BCUT2D eigenvalue weighted by Gasteiger charge is -2.08. The van der Waals surface area contributed by atoms with Crippen molar-refractivity contribution in [2.24, 2.45) is 0 Å². The second-order valence-corrected chi connectivity index (χ2v) is 6.71. The highest BCUT2D eigenvalue weighted by atomic mass is 32.2. The zero-order chi connectivity index (χ0) is 16.4. The van der Waals surface area contributed by atoms with Gasteiger partial charge in [0, 0.05) is 0 Å². The van der Waals surface area contributed by atoms with Crippen LogP contribution in [-0.2, 0) is 16.6 Å². The first-order valence-corrected chi connectivity index (χ1v) is 8.32. The van der Waals surface area contributed by atoms with Crippen molar-refractivity contribution in [1.82, 2.24) is 4.72 Å². The molecule has 2 aromatic heterocycles. The van der Waals surface area contributed by atoms with Gasteiger partial charge in [0.1, 0.15) is 11.6 Å². The number of sulfonamides is 1. The van der Waals surface area contributed by atoms with Gasteiger partial charge in [-0.1, -0.05) is 0 Å². The van der Waals surface area contributed by atoms with Gasteiger partial charge in [0.05, 0.1) is 17.7 Å². The molecule has 0 aliphatic rings. The standard InChI is InChI=1S/C16H14FNO4S/c1-11-9-12(17)4-7-16(11)23(19,20)18-10-13-5-6-15(22-13)14-3-2-8-21-14/h2-9,18H,10H2,1H3. The van der Waals surface area contributed by atoms with Gasteiger partial charge >= 0.3 is 0 Å². The Labute approximate surface area is 132 Å². The maximum atomic E-state index is 13.1. The topological polar surface area (TPSA) is 72.5 Å². The molecule has 7 heteroatoms. The van der Waals surface area contributed by atoms with Crippen molar-refractivity contribution >= 4 is 10.0 Å². The van der Waals surface area contributed by atoms with Crippen LogP contribution in [-0.4, -0.2) is 8.42 Å². The summed E-state index contributed by atoms with van der Waals surface area (Å²) in [5, 5.41) is 0. The zero-order valence-corrected chi connectivity index (χ0v) is 13.1. The molecule has 0 atom stereocenters. The molecule has 0 aliphatic heterocycles. The number of nitrogens with one attached hydrogen (secondary N) is 1. The third-order valence-corrected chi connectivity index (χ3v) is 4.85. The van der Waals surface area contributed by atoms with Gasteiger partial charge in [-0.15, -0.1) is 0 Å². The number of aryl methyl sites for hydroxylation is 1. The summed E-state index contributed by atoms with van der Waals surface area (Å²) >= 11 is 0. The van der Waals surface area contributed by atoms with E-state index in [1.165, 1.54) is 18.4 Å². The largest absolute Gasteiger partial charge is 0.461 e. The fraction of sp³-hybridized carbons (Fsp3) is 0.125. The van der Waals surface area contributed by atoms with E-state index in [-0.39, 0.29) is 11.4 Å². The molecular weight excluding hydrogens is 321 g/mol. The average Bonchev–Trinajstić information content (AvgIpc) is 3.16. The van der Waals surface area contributed by atoms with Gasteiger partial charge in [-0.2, -0.15) is 0 Å². The Morgan fingerprint density at radius 1 is 1.13 bits per heavy atom. The molecule has 2 heterocycles. The number of hydrogen-bond acceptors (Lipinski definition) is 4. The molecule has 23 heavy (non-hydrogen) atoms. The quantitative estimate of drug-likeness (QED) is 0.775. The van der Waals surface area contributed by atoms with Gasteiger partial charge in [-0.05, 0) is 55.0 Å². The van der Waals surface area contributed by atoms with Crippen LogP contribution in [0.1, 0.15) is 11.3 Å². The highest BCUT2D eigenvalue weighted by Gasteiger charge is 2.18. The van der Waals surface area contributed by atoms with Crippen LogP contribution in [0.5, 0.6) is 0 Å². The Morgan fingerprint density at radius 2 is 1.96 bits per heavy atom. The molecule has 0 aliphatic carbocycles. The molecule has 0 amide bonds. The van der Waals surface area contributed by atoms with E-state index in [1.807, 2.05) is 0 Å². The van der Waals surface area contributed by atoms with Crippen molar-refractivity contribution in [1.29, 1.82) is 0 Å². The molecule has 3 rings (SSSR count). The van der Waals surface area contributed by atoms with Gasteiger partial charge in [0.25, 0.3) is 0 Å². The molecule has 0 unspecified atom stereocenters. The van der Waals surface area contributed by atoms with Crippen LogP contribution in [0.25, 0.3) is 11.5 Å². The monoisotopic (exact) mass is 335 g/mol. The lowest BCUT2D eigenvalue weighted by atomic mass is 10.2. The van der Waals surface area contributed by atoms with Crippen molar-refractivity contribution in [3.8, 4) is 11.5 Å². The molecule has 0 radical (unpaired) electrons. The average molecular weight is 335 g/mol. The molecule has 5 nitrogen and oxygen atoms in total. The Kier molecular flexibility index (Phi) is 4.06. The van der Waals surface area contributed by atoms with Crippen LogP contribution in [0.3, 0.4) is 0 Å². The van der Waals surface area contributed by atoms with Gasteiger partial charge in [0.15, 0.2) is 11.5 Å². The van der Waals surface area contributed by atoms with E-state index in [2.05, 4.69) is 4.72 Å². The lowest BCUT2D eigenvalue weighted by Crippen LogP contribution is -2.23. The Bertz CT molecular complexity index is 913. The fourth-order valence-electron chi connectivity index (χ4n) is 2.18. The summed E-state index contributed by atoms with van der Waals surface area (Å²) in [6, 6.07) is 10.4. The van der Waals surface area contributed by atoms with Crippen molar-refractivity contribution in [2.75, 3.05) is 0 Å². The summed E-state index contributed by atoms with van der Waals surface area (Å²) in [6.07, 6.45) is 1.53. The lowest BCUT2D eigenvalue weighted by molar-refractivity contribution is 0.485. The Hall–Kier alpha value is -2.38. The van der Waals surface area contributed by atoms with Gasteiger partial charge in [0.2, 0.25) is 10.0 Å². The van der Waals surface area contributed by atoms with E-state index in [4.69, 9.17) is 8.83 Å². The normalized spacial score (nSPS) is 11.7. The maximum absolute atomic E-state index is 13.1. The highest BCUT2D eigenvalue weighted by Crippen LogP contribution is 2.23. The minimum Gasteiger partial charge on any atom is -0.461 e. The third-order valence-electron chi connectivity index (χ3n) is 3.29. The number of halogens is 1. The van der Waals surface area contributed by atoms with E-state index in [0.717, 1.165) is 6.07 Å². The van der Waals surface area contributed by atoms with E-state index in [9.17, 15) is 12.8 Å². The molecule has 0 bridgehead atoms. The first-order chi connectivity index (χ1) is 11.0. The number of furan rings is 2. The Balaban J connectivity index is 1.75. The minimum absolute atomic E-state index is 0.0140. The molecule has 1 aromatic carbocycles. The Morgan fingerprint density at radius 3 is 2.65 bits per heavy atom. The molecular formula is C16H14FNO4S. The van der Waals surface area contributed by atoms with Crippen LogP contribution < -0.4 is 4.72 Å². The van der Waals surface area contributed by atoms with E-state index >= 15 is 0 Å². The molecule has 1 N–H and O–H groups in total. The minimum atomic E-state index is -3.75. The summed E-state index contributed by atoms with van der Waals surface area (Å²) < 4.78 is 50.8. The summed E-state index contributed by atoms with van der Waals surface area (Å²) in [6.45, 7) is 1.53. The summed E-state index contributed by atoms with van der Waals surface area (Å²) in [7, 11) is -3.75. The molecule has 3 aromatic rings. The highest BCUT2D eigenvalue weighted by molar-refractivity contribution is 7.89. The number of benzene rings is 1. The van der Waals surface area contributed by atoms with Gasteiger partial charge < -0.3 is 8.83 Å². The smallest absolute Gasteiger partial charge is 0.241 e. The molecule has 120 valence electrons. The van der Waals surface area contributed by atoms with Crippen LogP contribution in [0.15, 0.2) is 62.5 Å². The summed E-state index contributed by atoms with van der Waals surface area (Å²) in [5.74, 6) is 1.05. The predicted octanol–water partition coefficient (Wildman–Crippen LogP) is 3.47. The molecule has 0 saturated heterocycles. The van der Waals surface area contributed by atoms with Crippen molar-refractivity contribution in [3.63, 3.8) is 0 Å². The number of rotatable bonds is 5. The van der Waals surface area contributed by atoms with Crippen LogP contribution >= 0.6 is 0 Å². The van der Waals surface area contributed by atoms with Gasteiger partial charge in [-0.25, -0.2) is 17.5 Å². The SMILES string of the molecule is Cc1cc(F)ccc1S(=O)(=O)NCc1ccc(-c2ccco2)o1. The maximum Gasteiger partial charge on any atom is 0.241 e. The first kappa shape index (κ1) is 15.5. The zero-order valence-electron chi connectivity index (χ0n) is 12.2. The summed E-state index contributed by atoms with van der Waals surface area (Å²) in [4.78, 5) is 0.0386. The second-order valence-electron chi connectivity index (χ2n) is 4.98. The second kappa shape index (κ2) is 6.02. The van der Waals surface area contributed by atoms with E-state index < -0.39 is 15.8 Å². The molecule has 0 fully saturated rings. The van der Waals surface area contributed by atoms with Crippen molar-refractivity contribution in [3.05, 3.63) is 65.9 Å². The predicted molar refractivity (Wildman–Crippen MR) is 81.6 cm³/mol. The fourth-order valence-corrected chi connectivity index (χ4v) is 3.40. The van der Waals surface area contributed by atoms with Crippen LogP contribution in [0, 0.1) is 12.7 Å². The third kappa shape index (κ3) is 3.35. The van der Waals surface area contributed by atoms with Gasteiger partial charge in [-0.3, -0.25) is 0 Å². The van der Waals surface area contributed by atoms with Crippen LogP contribution in [0.2, 0.25) is 0 Å². The van der Waals surface area contributed by atoms with Crippen molar-refractivity contribution < 1.29 is 21.6 Å². The first-order valence-electron chi connectivity index (χ1n) is 6.84. The number of hydrogen-bond donors (Lipinski definition) is 1. The molecule has 0 spiro atoms. The van der Waals surface area contributed by atoms with Crippen molar-refractivity contribution in [2.45, 2.75) is 18.4 Å². The van der Waals surface area contributed by atoms with Crippen LogP contribution in [0.4, 0.5) is 4.39 Å². The van der Waals surface area contributed by atoms with E-state index in [0.29, 0.717) is 22.8 Å². The van der Waals surface area contributed by atoms with E-state index in [1.54, 1.807) is 31.2 Å². The molecule has 0 saturated carbocycles.